The van der Waals surface area contributed by atoms with E-state index in [0.717, 1.165) is 41.4 Å². The van der Waals surface area contributed by atoms with E-state index in [1.807, 2.05) is 55.5 Å². The first-order valence-electron chi connectivity index (χ1n) is 9.75. The van der Waals surface area contributed by atoms with Crippen LogP contribution in [0.3, 0.4) is 0 Å². The molecule has 0 spiro atoms. The van der Waals surface area contributed by atoms with E-state index in [-0.39, 0.29) is 5.91 Å². The number of aromatic nitrogens is 2. The van der Waals surface area contributed by atoms with Crippen molar-refractivity contribution in [1.82, 2.24) is 9.97 Å². The topological polar surface area (TPSA) is 58.1 Å². The number of aryl methyl sites for hydroxylation is 1. The number of rotatable bonds is 4. The zero-order chi connectivity index (χ0) is 19.3. The van der Waals surface area contributed by atoms with Crippen molar-refractivity contribution in [2.24, 2.45) is 0 Å². The summed E-state index contributed by atoms with van der Waals surface area (Å²) in [5.74, 6) is 0.812. The molecule has 1 aliphatic heterocycles. The maximum Gasteiger partial charge on any atom is 0.255 e. The average molecular weight is 372 g/mol. The third-order valence-electron chi connectivity index (χ3n) is 5.03. The van der Waals surface area contributed by atoms with Crippen molar-refractivity contribution in [3.63, 3.8) is 0 Å². The van der Waals surface area contributed by atoms with Gasteiger partial charge in [-0.15, -0.1) is 0 Å². The highest BCUT2D eigenvalue weighted by molar-refractivity contribution is 6.04. The zero-order valence-electron chi connectivity index (χ0n) is 16.1. The van der Waals surface area contributed by atoms with E-state index < -0.39 is 0 Å². The largest absolute Gasteiger partial charge is 0.355 e. The SMILES string of the molecule is Cc1cccc(NC(=O)c2ccc(-c3nccnc3N3CCCCC3)cc2)c1. The lowest BCUT2D eigenvalue weighted by Crippen LogP contribution is -2.30. The number of carbonyl (C=O) groups excluding carboxylic acids is 1. The fourth-order valence-corrected chi connectivity index (χ4v) is 3.58. The Morgan fingerprint density at radius 2 is 1.71 bits per heavy atom. The monoisotopic (exact) mass is 372 g/mol. The predicted molar refractivity (Wildman–Crippen MR) is 113 cm³/mol. The summed E-state index contributed by atoms with van der Waals surface area (Å²) < 4.78 is 0. The Morgan fingerprint density at radius 1 is 0.964 bits per heavy atom. The van der Waals surface area contributed by atoms with Crippen LogP contribution in [0.25, 0.3) is 11.3 Å². The van der Waals surface area contributed by atoms with Crippen molar-refractivity contribution in [2.75, 3.05) is 23.3 Å². The van der Waals surface area contributed by atoms with Crippen LogP contribution in [-0.2, 0) is 0 Å². The van der Waals surface area contributed by atoms with Crippen LogP contribution < -0.4 is 10.2 Å². The second kappa shape index (κ2) is 8.21. The van der Waals surface area contributed by atoms with Crippen molar-refractivity contribution in [2.45, 2.75) is 26.2 Å². The molecular weight excluding hydrogens is 348 g/mol. The fourth-order valence-electron chi connectivity index (χ4n) is 3.58. The third kappa shape index (κ3) is 4.03. The summed E-state index contributed by atoms with van der Waals surface area (Å²) in [5, 5.41) is 2.95. The number of anilines is 2. The van der Waals surface area contributed by atoms with Crippen LogP contribution in [0.15, 0.2) is 60.9 Å². The number of piperidine rings is 1. The number of nitrogens with zero attached hydrogens (tertiary/aromatic N) is 3. The normalized spacial score (nSPS) is 14.0. The van der Waals surface area contributed by atoms with Crippen molar-refractivity contribution >= 4 is 17.4 Å². The van der Waals surface area contributed by atoms with E-state index >= 15 is 0 Å². The molecule has 5 heteroatoms. The van der Waals surface area contributed by atoms with Gasteiger partial charge in [-0.25, -0.2) is 4.98 Å². The highest BCUT2D eigenvalue weighted by Gasteiger charge is 2.18. The van der Waals surface area contributed by atoms with E-state index in [1.54, 1.807) is 12.4 Å². The van der Waals surface area contributed by atoms with E-state index in [1.165, 1.54) is 19.3 Å². The third-order valence-corrected chi connectivity index (χ3v) is 5.03. The highest BCUT2D eigenvalue weighted by atomic mass is 16.1. The molecule has 1 N–H and O–H groups in total. The molecule has 1 aromatic heterocycles. The van der Waals surface area contributed by atoms with Crippen LogP contribution in [0.4, 0.5) is 11.5 Å². The smallest absolute Gasteiger partial charge is 0.255 e. The van der Waals surface area contributed by atoms with Gasteiger partial charge in [-0.05, 0) is 56.0 Å². The Hall–Kier alpha value is -3.21. The van der Waals surface area contributed by atoms with Crippen LogP contribution in [0.2, 0.25) is 0 Å². The van der Waals surface area contributed by atoms with Crippen LogP contribution >= 0.6 is 0 Å². The summed E-state index contributed by atoms with van der Waals surface area (Å²) in [6.07, 6.45) is 7.12. The predicted octanol–water partition coefficient (Wildman–Crippen LogP) is 4.69. The molecule has 2 aromatic carbocycles. The van der Waals surface area contributed by atoms with E-state index in [9.17, 15) is 4.79 Å². The Kier molecular flexibility index (Phi) is 5.33. The number of hydrogen-bond acceptors (Lipinski definition) is 4. The van der Waals surface area contributed by atoms with Gasteiger partial charge in [-0.2, -0.15) is 0 Å². The van der Waals surface area contributed by atoms with Crippen LogP contribution in [0.1, 0.15) is 35.2 Å². The van der Waals surface area contributed by atoms with Crippen molar-refractivity contribution in [3.05, 3.63) is 72.1 Å². The van der Waals surface area contributed by atoms with Crippen LogP contribution in [0.5, 0.6) is 0 Å². The fraction of sp³-hybridized carbons (Fsp3) is 0.261. The van der Waals surface area contributed by atoms with Crippen molar-refractivity contribution in [3.8, 4) is 11.3 Å². The van der Waals surface area contributed by atoms with Gasteiger partial charge in [-0.3, -0.25) is 9.78 Å². The first-order valence-corrected chi connectivity index (χ1v) is 9.75. The summed E-state index contributed by atoms with van der Waals surface area (Å²) in [6.45, 7) is 4.04. The summed E-state index contributed by atoms with van der Waals surface area (Å²) >= 11 is 0. The van der Waals surface area contributed by atoms with E-state index in [2.05, 4.69) is 20.2 Å². The van der Waals surface area contributed by atoms with Gasteiger partial charge in [-0.1, -0.05) is 24.3 Å². The maximum atomic E-state index is 12.5. The number of amides is 1. The number of carbonyl (C=O) groups is 1. The Morgan fingerprint density at radius 3 is 2.46 bits per heavy atom. The molecule has 5 nitrogen and oxygen atoms in total. The van der Waals surface area contributed by atoms with Gasteiger partial charge in [0.1, 0.15) is 5.69 Å². The minimum Gasteiger partial charge on any atom is -0.355 e. The molecule has 0 bridgehead atoms. The Balaban J connectivity index is 1.54. The molecular formula is C23H24N4O. The quantitative estimate of drug-likeness (QED) is 0.721. The molecule has 1 fully saturated rings. The molecule has 142 valence electrons. The molecule has 0 saturated carbocycles. The van der Waals surface area contributed by atoms with Gasteiger partial charge in [0.25, 0.3) is 5.91 Å². The van der Waals surface area contributed by atoms with E-state index in [0.29, 0.717) is 5.56 Å². The molecule has 0 unspecified atom stereocenters. The first kappa shape index (κ1) is 18.2. The molecule has 4 rings (SSSR count). The Labute approximate surface area is 165 Å². The Bertz CT molecular complexity index is 962. The number of hydrogen-bond donors (Lipinski definition) is 1. The van der Waals surface area contributed by atoms with Crippen LogP contribution in [-0.4, -0.2) is 29.0 Å². The highest BCUT2D eigenvalue weighted by Crippen LogP contribution is 2.28. The maximum absolute atomic E-state index is 12.5. The molecule has 28 heavy (non-hydrogen) atoms. The number of nitrogens with one attached hydrogen (secondary N) is 1. The summed E-state index contributed by atoms with van der Waals surface area (Å²) in [5.41, 5.74) is 4.38. The van der Waals surface area contributed by atoms with E-state index in [4.69, 9.17) is 0 Å². The van der Waals surface area contributed by atoms with Gasteiger partial charge >= 0.3 is 0 Å². The van der Waals surface area contributed by atoms with Crippen molar-refractivity contribution < 1.29 is 4.79 Å². The molecule has 0 aliphatic carbocycles. The minimum absolute atomic E-state index is 0.118. The minimum atomic E-state index is -0.118. The van der Waals surface area contributed by atoms with Gasteiger partial charge in [0.05, 0.1) is 0 Å². The molecule has 0 atom stereocenters. The van der Waals surface area contributed by atoms with Gasteiger partial charge < -0.3 is 10.2 Å². The first-order chi connectivity index (χ1) is 13.7. The molecule has 0 radical (unpaired) electrons. The lowest BCUT2D eigenvalue weighted by Gasteiger charge is -2.28. The standard InChI is InChI=1S/C23H24N4O/c1-17-6-5-7-20(16-17)26-23(28)19-10-8-18(9-11-19)21-22(25-13-12-24-21)27-14-3-2-4-15-27/h5-13,16H,2-4,14-15H2,1H3,(H,26,28). The molecule has 3 aromatic rings. The second-order valence-electron chi connectivity index (χ2n) is 7.18. The summed E-state index contributed by atoms with van der Waals surface area (Å²) in [6, 6.07) is 15.4. The molecule has 1 amide bonds. The van der Waals surface area contributed by atoms with Crippen molar-refractivity contribution in [1.29, 1.82) is 0 Å². The average Bonchev–Trinajstić information content (AvgIpc) is 2.74. The molecule has 1 saturated heterocycles. The summed E-state index contributed by atoms with van der Waals surface area (Å²) in [7, 11) is 0. The lowest BCUT2D eigenvalue weighted by atomic mass is 10.1. The molecule has 2 heterocycles. The lowest BCUT2D eigenvalue weighted by molar-refractivity contribution is 0.102. The van der Waals surface area contributed by atoms with Gasteiger partial charge in [0.15, 0.2) is 5.82 Å². The zero-order valence-corrected chi connectivity index (χ0v) is 16.1. The summed E-state index contributed by atoms with van der Waals surface area (Å²) in [4.78, 5) is 24.0. The molecule has 1 aliphatic rings. The number of benzene rings is 2. The second-order valence-corrected chi connectivity index (χ2v) is 7.18. The van der Waals surface area contributed by atoms with Crippen LogP contribution in [0, 0.1) is 6.92 Å². The van der Waals surface area contributed by atoms with Gasteiger partial charge in [0, 0.05) is 42.3 Å². The van der Waals surface area contributed by atoms with Gasteiger partial charge in [0.2, 0.25) is 0 Å².